The van der Waals surface area contributed by atoms with Gasteiger partial charge in [-0.3, -0.25) is 0 Å². The number of ether oxygens (including phenoxy) is 1. The summed E-state index contributed by atoms with van der Waals surface area (Å²) in [4.78, 5) is 0. The van der Waals surface area contributed by atoms with Crippen molar-refractivity contribution in [3.8, 4) is 5.75 Å². The van der Waals surface area contributed by atoms with Crippen LogP contribution in [0, 0.1) is 0 Å². The van der Waals surface area contributed by atoms with Crippen molar-refractivity contribution in [1.29, 1.82) is 0 Å². The summed E-state index contributed by atoms with van der Waals surface area (Å²) in [5.41, 5.74) is 0.646. The van der Waals surface area contributed by atoms with Gasteiger partial charge in [-0.25, -0.2) is 0 Å². The van der Waals surface area contributed by atoms with E-state index >= 15 is 0 Å². The maximum absolute atomic E-state index is 10.1. The smallest absolute Gasteiger partial charge is 0.128 e. The Morgan fingerprint density at radius 2 is 2.12 bits per heavy atom. The van der Waals surface area contributed by atoms with E-state index in [9.17, 15) is 10.2 Å². The van der Waals surface area contributed by atoms with Crippen molar-refractivity contribution in [3.05, 3.63) is 29.3 Å². The third-order valence-corrected chi connectivity index (χ3v) is 2.93. The number of aliphatic hydroxyl groups excluding tert-OH is 1. The average Bonchev–Trinajstić information content (AvgIpc) is 2.26. The highest BCUT2D eigenvalue weighted by molar-refractivity contribution is 5.44. The van der Waals surface area contributed by atoms with Crippen molar-refractivity contribution in [2.75, 3.05) is 6.61 Å². The van der Waals surface area contributed by atoms with Gasteiger partial charge in [-0.05, 0) is 32.3 Å². The minimum absolute atomic E-state index is 0.683. The van der Waals surface area contributed by atoms with Gasteiger partial charge in [0.15, 0.2) is 0 Å². The van der Waals surface area contributed by atoms with Crippen LogP contribution in [0.15, 0.2) is 18.2 Å². The number of para-hydroxylation sites is 1. The van der Waals surface area contributed by atoms with E-state index in [-0.39, 0.29) is 0 Å². The van der Waals surface area contributed by atoms with Crippen molar-refractivity contribution >= 4 is 0 Å². The minimum Gasteiger partial charge on any atom is -0.493 e. The molecule has 0 bridgehead atoms. The predicted molar refractivity (Wildman–Crippen MR) is 61.5 cm³/mol. The first-order chi connectivity index (χ1) is 7.50. The van der Waals surface area contributed by atoms with Crippen LogP contribution in [0.4, 0.5) is 0 Å². The van der Waals surface area contributed by atoms with Crippen LogP contribution in [0.5, 0.6) is 5.75 Å². The summed E-state index contributed by atoms with van der Waals surface area (Å²) in [5.74, 6) is 0.753. The Bertz CT molecular complexity index is 379. The van der Waals surface area contributed by atoms with E-state index in [0.29, 0.717) is 12.2 Å². The van der Waals surface area contributed by atoms with Crippen molar-refractivity contribution in [1.82, 2.24) is 0 Å². The molecule has 3 heteroatoms. The SMILES string of the molecule is CC(C)(O)C(O)c1cccc2c1OCCC2. The lowest BCUT2D eigenvalue weighted by Gasteiger charge is -2.28. The van der Waals surface area contributed by atoms with Crippen LogP contribution in [0.25, 0.3) is 0 Å². The predicted octanol–water partition coefficient (Wildman–Crippen LogP) is 1.82. The lowest BCUT2D eigenvalue weighted by molar-refractivity contribution is -0.0509. The fourth-order valence-electron chi connectivity index (χ4n) is 2.01. The van der Waals surface area contributed by atoms with Gasteiger partial charge in [-0.1, -0.05) is 18.2 Å². The summed E-state index contributed by atoms with van der Waals surface area (Å²) >= 11 is 0. The van der Waals surface area contributed by atoms with Crippen LogP contribution in [-0.4, -0.2) is 22.4 Å². The topological polar surface area (TPSA) is 49.7 Å². The largest absolute Gasteiger partial charge is 0.493 e. The molecule has 1 unspecified atom stereocenters. The molecule has 0 fully saturated rings. The summed E-state index contributed by atoms with van der Waals surface area (Å²) in [5, 5.41) is 19.9. The molecule has 0 spiro atoms. The van der Waals surface area contributed by atoms with Crippen molar-refractivity contribution in [2.45, 2.75) is 38.4 Å². The third kappa shape index (κ3) is 2.06. The zero-order valence-corrected chi connectivity index (χ0v) is 9.73. The molecule has 1 aromatic rings. The van der Waals surface area contributed by atoms with Crippen molar-refractivity contribution in [2.24, 2.45) is 0 Å². The first-order valence-electron chi connectivity index (χ1n) is 5.65. The van der Waals surface area contributed by atoms with Crippen LogP contribution in [0.1, 0.15) is 37.5 Å². The molecule has 0 saturated carbocycles. The van der Waals surface area contributed by atoms with Gasteiger partial charge in [0, 0.05) is 5.56 Å². The Hall–Kier alpha value is -1.06. The fraction of sp³-hybridized carbons (Fsp3) is 0.538. The van der Waals surface area contributed by atoms with Gasteiger partial charge in [0.2, 0.25) is 0 Å². The van der Waals surface area contributed by atoms with Crippen LogP contribution in [0.3, 0.4) is 0 Å². The van der Waals surface area contributed by atoms with Crippen LogP contribution in [0.2, 0.25) is 0 Å². The number of benzene rings is 1. The molecule has 0 radical (unpaired) electrons. The molecule has 1 aliphatic rings. The van der Waals surface area contributed by atoms with Crippen LogP contribution >= 0.6 is 0 Å². The second kappa shape index (κ2) is 4.07. The van der Waals surface area contributed by atoms with E-state index < -0.39 is 11.7 Å². The average molecular weight is 222 g/mol. The summed E-state index contributed by atoms with van der Waals surface area (Å²) < 4.78 is 5.60. The number of aryl methyl sites for hydroxylation is 1. The fourth-order valence-corrected chi connectivity index (χ4v) is 2.01. The molecule has 1 aliphatic heterocycles. The molecule has 1 aromatic carbocycles. The van der Waals surface area contributed by atoms with E-state index in [1.807, 2.05) is 18.2 Å². The maximum atomic E-state index is 10.1. The first-order valence-corrected chi connectivity index (χ1v) is 5.65. The van der Waals surface area contributed by atoms with E-state index in [4.69, 9.17) is 4.74 Å². The Morgan fingerprint density at radius 3 is 2.81 bits per heavy atom. The molecule has 3 nitrogen and oxygen atoms in total. The van der Waals surface area contributed by atoms with Gasteiger partial charge in [-0.2, -0.15) is 0 Å². The lowest BCUT2D eigenvalue weighted by Crippen LogP contribution is -2.29. The molecule has 1 atom stereocenters. The quantitative estimate of drug-likeness (QED) is 0.802. The number of fused-ring (bicyclic) bond motifs is 1. The number of aliphatic hydroxyl groups is 2. The van der Waals surface area contributed by atoms with Gasteiger partial charge in [0.05, 0.1) is 12.2 Å². The molecule has 2 N–H and O–H groups in total. The monoisotopic (exact) mass is 222 g/mol. The highest BCUT2D eigenvalue weighted by atomic mass is 16.5. The summed E-state index contributed by atoms with van der Waals surface area (Å²) in [6, 6.07) is 5.72. The number of hydrogen-bond donors (Lipinski definition) is 2. The van der Waals surface area contributed by atoms with E-state index in [1.54, 1.807) is 13.8 Å². The van der Waals surface area contributed by atoms with E-state index in [0.717, 1.165) is 24.2 Å². The Morgan fingerprint density at radius 1 is 1.38 bits per heavy atom. The summed E-state index contributed by atoms with van der Waals surface area (Å²) in [6.45, 7) is 3.88. The van der Waals surface area contributed by atoms with Crippen LogP contribution in [-0.2, 0) is 6.42 Å². The second-order valence-electron chi connectivity index (χ2n) is 4.84. The summed E-state index contributed by atoms with van der Waals surface area (Å²) in [7, 11) is 0. The van der Waals surface area contributed by atoms with Gasteiger partial charge < -0.3 is 14.9 Å². The second-order valence-corrected chi connectivity index (χ2v) is 4.84. The molecular formula is C13H18O3. The third-order valence-electron chi connectivity index (χ3n) is 2.93. The highest BCUT2D eigenvalue weighted by Gasteiger charge is 2.30. The van der Waals surface area contributed by atoms with E-state index in [1.165, 1.54) is 0 Å². The minimum atomic E-state index is -1.16. The highest BCUT2D eigenvalue weighted by Crippen LogP contribution is 2.36. The molecule has 16 heavy (non-hydrogen) atoms. The molecule has 0 saturated heterocycles. The van der Waals surface area contributed by atoms with E-state index in [2.05, 4.69) is 0 Å². The normalized spacial score (nSPS) is 17.5. The van der Waals surface area contributed by atoms with Crippen LogP contribution < -0.4 is 4.74 Å². The standard InChI is InChI=1S/C13H18O3/c1-13(2,15)12(14)10-7-3-5-9-6-4-8-16-11(9)10/h3,5,7,12,14-15H,4,6,8H2,1-2H3. The molecular weight excluding hydrogens is 204 g/mol. The van der Waals surface area contributed by atoms with Crippen molar-refractivity contribution in [3.63, 3.8) is 0 Å². The Balaban J connectivity index is 2.41. The maximum Gasteiger partial charge on any atom is 0.128 e. The zero-order valence-electron chi connectivity index (χ0n) is 9.73. The molecule has 0 aromatic heterocycles. The Labute approximate surface area is 95.7 Å². The van der Waals surface area contributed by atoms with Gasteiger partial charge >= 0.3 is 0 Å². The molecule has 0 aliphatic carbocycles. The first kappa shape index (κ1) is 11.4. The summed E-state index contributed by atoms with van der Waals surface area (Å²) in [6.07, 6.45) is 1.07. The molecule has 88 valence electrons. The Kier molecular flexibility index (Phi) is 2.91. The number of rotatable bonds is 2. The van der Waals surface area contributed by atoms with Gasteiger partial charge in [-0.15, -0.1) is 0 Å². The van der Waals surface area contributed by atoms with Gasteiger partial charge in [0.1, 0.15) is 11.9 Å². The van der Waals surface area contributed by atoms with Crippen molar-refractivity contribution < 1.29 is 14.9 Å². The zero-order chi connectivity index (χ0) is 11.8. The molecule has 1 heterocycles. The number of hydrogen-bond acceptors (Lipinski definition) is 3. The van der Waals surface area contributed by atoms with Gasteiger partial charge in [0.25, 0.3) is 0 Å². The molecule has 0 amide bonds. The molecule has 2 rings (SSSR count). The lowest BCUT2D eigenvalue weighted by atomic mass is 9.91.